The van der Waals surface area contributed by atoms with E-state index in [2.05, 4.69) is 30.8 Å². The van der Waals surface area contributed by atoms with Crippen LogP contribution in [0.15, 0.2) is 67.3 Å². The van der Waals surface area contributed by atoms with Gasteiger partial charge in [-0.1, -0.05) is 12.1 Å². The van der Waals surface area contributed by atoms with E-state index in [0.717, 1.165) is 29.9 Å². The monoisotopic (exact) mass is 446 g/mol. The van der Waals surface area contributed by atoms with Crippen molar-refractivity contribution in [3.8, 4) is 0 Å². The van der Waals surface area contributed by atoms with Gasteiger partial charge in [0.2, 0.25) is 0 Å². The summed E-state index contributed by atoms with van der Waals surface area (Å²) in [5.74, 6) is -0.203. The van der Waals surface area contributed by atoms with Crippen molar-refractivity contribution < 1.29 is 14.3 Å². The second-order valence-corrected chi connectivity index (χ2v) is 7.58. The number of urea groups is 1. The van der Waals surface area contributed by atoms with Crippen LogP contribution >= 0.6 is 0 Å². The molecule has 1 aliphatic heterocycles. The van der Waals surface area contributed by atoms with Crippen LogP contribution in [-0.4, -0.2) is 48.2 Å². The number of morpholine rings is 1. The van der Waals surface area contributed by atoms with E-state index in [1.54, 1.807) is 30.9 Å². The normalized spacial score (nSPS) is 13.3. The first kappa shape index (κ1) is 22.2. The number of carbonyl (C=O) groups excluding carboxylic acids is 2. The van der Waals surface area contributed by atoms with Gasteiger partial charge in [-0.25, -0.2) is 4.79 Å². The lowest BCUT2D eigenvalue weighted by atomic mass is 10.2. The minimum atomic E-state index is -0.306. The third-order valence-electron chi connectivity index (χ3n) is 5.20. The van der Waals surface area contributed by atoms with Gasteiger partial charge < -0.3 is 25.6 Å². The van der Waals surface area contributed by atoms with E-state index in [9.17, 15) is 9.59 Å². The van der Waals surface area contributed by atoms with E-state index in [4.69, 9.17) is 4.74 Å². The number of anilines is 2. The Balaban J connectivity index is 1.29. The summed E-state index contributed by atoms with van der Waals surface area (Å²) >= 11 is 0. The number of nitrogens with zero attached hydrogens (tertiary/aromatic N) is 3. The maximum Gasteiger partial charge on any atom is 0.319 e. The number of nitrogens with one attached hydrogen (secondary N) is 3. The molecule has 170 valence electrons. The Bertz CT molecular complexity index is 1090. The Kier molecular flexibility index (Phi) is 7.44. The molecule has 1 saturated heterocycles. The minimum Gasteiger partial charge on any atom is -0.378 e. The largest absolute Gasteiger partial charge is 0.378 e. The van der Waals surface area contributed by atoms with Gasteiger partial charge in [-0.2, -0.15) is 0 Å². The summed E-state index contributed by atoms with van der Waals surface area (Å²) < 4.78 is 5.38. The molecule has 0 bridgehead atoms. The van der Waals surface area contributed by atoms with Crippen LogP contribution in [0.1, 0.15) is 21.5 Å². The predicted octanol–water partition coefficient (Wildman–Crippen LogP) is 2.56. The van der Waals surface area contributed by atoms with Gasteiger partial charge in [-0.3, -0.25) is 14.8 Å². The number of pyridine rings is 2. The number of benzene rings is 1. The molecule has 0 spiro atoms. The fourth-order valence-corrected chi connectivity index (χ4v) is 3.45. The van der Waals surface area contributed by atoms with Gasteiger partial charge in [0.15, 0.2) is 0 Å². The molecule has 0 aliphatic carbocycles. The van der Waals surface area contributed by atoms with E-state index in [0.29, 0.717) is 37.6 Å². The summed E-state index contributed by atoms with van der Waals surface area (Å²) in [5.41, 5.74) is 3.89. The van der Waals surface area contributed by atoms with Crippen molar-refractivity contribution in [3.63, 3.8) is 0 Å². The number of hydrogen-bond acceptors (Lipinski definition) is 6. The molecule has 1 aromatic carbocycles. The second-order valence-electron chi connectivity index (χ2n) is 7.58. The average molecular weight is 447 g/mol. The van der Waals surface area contributed by atoms with E-state index in [1.807, 2.05) is 36.4 Å². The summed E-state index contributed by atoms with van der Waals surface area (Å²) in [5, 5.41) is 8.53. The Labute approximate surface area is 192 Å². The van der Waals surface area contributed by atoms with Crippen molar-refractivity contribution in [2.45, 2.75) is 13.1 Å². The van der Waals surface area contributed by atoms with Crippen LogP contribution in [0, 0.1) is 0 Å². The van der Waals surface area contributed by atoms with Gasteiger partial charge >= 0.3 is 6.03 Å². The lowest BCUT2D eigenvalue weighted by Crippen LogP contribution is -2.36. The molecule has 9 nitrogen and oxygen atoms in total. The van der Waals surface area contributed by atoms with Gasteiger partial charge in [0, 0.05) is 50.5 Å². The van der Waals surface area contributed by atoms with Gasteiger partial charge in [-0.05, 0) is 41.5 Å². The Hall–Kier alpha value is -3.98. The zero-order chi connectivity index (χ0) is 22.9. The molecule has 0 radical (unpaired) electrons. The molecule has 1 fully saturated rings. The maximum absolute atomic E-state index is 12.7. The third-order valence-corrected chi connectivity index (χ3v) is 5.20. The quantitative estimate of drug-likeness (QED) is 0.515. The fraction of sp³-hybridized carbons (Fsp3) is 0.250. The zero-order valence-corrected chi connectivity index (χ0v) is 18.2. The van der Waals surface area contributed by atoms with Gasteiger partial charge in [0.25, 0.3) is 5.91 Å². The van der Waals surface area contributed by atoms with E-state index in [-0.39, 0.29) is 11.9 Å². The standard InChI is InChI=1S/C24H26N6O3/c31-23(20-13-22(17-26-16-20)30-8-10-33-11-9-30)27-15-19-2-1-3-21(12-19)29-24(32)28-14-18-4-6-25-7-5-18/h1-7,12-13,16-17H,8-11,14-15H2,(H,27,31)(H2,28,29,32). The second kappa shape index (κ2) is 11.1. The molecule has 4 rings (SSSR count). The van der Waals surface area contributed by atoms with Crippen LogP contribution in [0.5, 0.6) is 0 Å². The molecule has 0 unspecified atom stereocenters. The average Bonchev–Trinajstić information content (AvgIpc) is 2.87. The summed E-state index contributed by atoms with van der Waals surface area (Å²) in [4.78, 5) is 35.2. The van der Waals surface area contributed by atoms with Crippen molar-refractivity contribution in [3.05, 3.63) is 83.9 Å². The molecule has 3 amide bonds. The molecule has 0 saturated carbocycles. The van der Waals surface area contributed by atoms with Crippen molar-refractivity contribution in [1.82, 2.24) is 20.6 Å². The molecule has 0 atom stereocenters. The van der Waals surface area contributed by atoms with Crippen molar-refractivity contribution in [2.75, 3.05) is 36.5 Å². The first-order valence-electron chi connectivity index (χ1n) is 10.8. The molecule has 2 aromatic heterocycles. The van der Waals surface area contributed by atoms with Gasteiger partial charge in [0.1, 0.15) is 0 Å². The molecule has 3 N–H and O–H groups in total. The third kappa shape index (κ3) is 6.50. The zero-order valence-electron chi connectivity index (χ0n) is 18.2. The summed E-state index contributed by atoms with van der Waals surface area (Å²) in [6, 6.07) is 12.6. The first-order chi connectivity index (χ1) is 16.2. The van der Waals surface area contributed by atoms with Crippen LogP contribution in [0.2, 0.25) is 0 Å². The molecule has 3 aromatic rings. The van der Waals surface area contributed by atoms with Crippen molar-refractivity contribution in [2.24, 2.45) is 0 Å². The van der Waals surface area contributed by atoms with Crippen LogP contribution in [0.3, 0.4) is 0 Å². The van der Waals surface area contributed by atoms with Crippen LogP contribution in [0.4, 0.5) is 16.2 Å². The number of rotatable bonds is 7. The van der Waals surface area contributed by atoms with E-state index < -0.39 is 0 Å². The van der Waals surface area contributed by atoms with E-state index >= 15 is 0 Å². The molecule has 9 heteroatoms. The number of amides is 3. The van der Waals surface area contributed by atoms with Crippen LogP contribution in [-0.2, 0) is 17.8 Å². The summed E-state index contributed by atoms with van der Waals surface area (Å²) in [6.07, 6.45) is 6.69. The smallest absolute Gasteiger partial charge is 0.319 e. The van der Waals surface area contributed by atoms with Gasteiger partial charge in [0.05, 0.1) is 30.7 Å². The molecular weight excluding hydrogens is 420 g/mol. The maximum atomic E-state index is 12.7. The number of aromatic nitrogens is 2. The molecule has 33 heavy (non-hydrogen) atoms. The summed E-state index contributed by atoms with van der Waals surface area (Å²) in [6.45, 7) is 3.63. The number of hydrogen-bond donors (Lipinski definition) is 3. The molecular formula is C24H26N6O3. The highest BCUT2D eigenvalue weighted by Gasteiger charge is 2.14. The van der Waals surface area contributed by atoms with Crippen LogP contribution in [0.25, 0.3) is 0 Å². The fourth-order valence-electron chi connectivity index (χ4n) is 3.45. The first-order valence-corrected chi connectivity index (χ1v) is 10.8. The summed E-state index contributed by atoms with van der Waals surface area (Å²) in [7, 11) is 0. The van der Waals surface area contributed by atoms with Crippen LogP contribution < -0.4 is 20.9 Å². The lowest BCUT2D eigenvalue weighted by Gasteiger charge is -2.28. The Morgan fingerprint density at radius 2 is 1.70 bits per heavy atom. The number of ether oxygens (including phenoxy) is 1. The SMILES string of the molecule is O=C(NCc1ccncc1)Nc1cccc(CNC(=O)c2cncc(N3CCOCC3)c2)c1. The van der Waals surface area contributed by atoms with Crippen molar-refractivity contribution in [1.29, 1.82) is 0 Å². The van der Waals surface area contributed by atoms with Gasteiger partial charge in [-0.15, -0.1) is 0 Å². The minimum absolute atomic E-state index is 0.203. The predicted molar refractivity (Wildman–Crippen MR) is 125 cm³/mol. The highest BCUT2D eigenvalue weighted by atomic mass is 16.5. The van der Waals surface area contributed by atoms with E-state index in [1.165, 1.54) is 0 Å². The Morgan fingerprint density at radius 3 is 2.52 bits per heavy atom. The highest BCUT2D eigenvalue weighted by molar-refractivity contribution is 5.94. The lowest BCUT2D eigenvalue weighted by molar-refractivity contribution is 0.0950. The van der Waals surface area contributed by atoms with Crippen molar-refractivity contribution >= 4 is 23.3 Å². The highest BCUT2D eigenvalue weighted by Crippen LogP contribution is 2.16. The molecule has 3 heterocycles. The number of carbonyl (C=O) groups is 2. The molecule has 1 aliphatic rings. The topological polar surface area (TPSA) is 108 Å². The Morgan fingerprint density at radius 1 is 0.909 bits per heavy atom.